The highest BCUT2D eigenvalue weighted by molar-refractivity contribution is 7.89. The zero-order valence-electron chi connectivity index (χ0n) is 15.8. The van der Waals surface area contributed by atoms with Gasteiger partial charge in [-0.2, -0.15) is 0 Å². The molecule has 1 fully saturated rings. The molecule has 1 aromatic heterocycles. The second kappa shape index (κ2) is 8.53. The summed E-state index contributed by atoms with van der Waals surface area (Å²) in [5.74, 6) is -0.721. The Morgan fingerprint density at radius 1 is 1.17 bits per heavy atom. The quantitative estimate of drug-likeness (QED) is 0.655. The van der Waals surface area contributed by atoms with E-state index in [1.807, 2.05) is 0 Å². The largest absolute Gasteiger partial charge is 0.451 e. The summed E-state index contributed by atoms with van der Waals surface area (Å²) in [5.41, 5.74) is 0.663. The third-order valence-corrected chi connectivity index (χ3v) is 5.46. The van der Waals surface area contributed by atoms with Gasteiger partial charge >= 0.3 is 5.97 Å². The van der Waals surface area contributed by atoms with Crippen LogP contribution in [0, 0.1) is 6.92 Å². The van der Waals surface area contributed by atoms with Gasteiger partial charge in [-0.25, -0.2) is 18.4 Å². The van der Waals surface area contributed by atoms with Crippen LogP contribution in [0.2, 0.25) is 0 Å². The molecule has 29 heavy (non-hydrogen) atoms. The lowest BCUT2D eigenvalue weighted by atomic mass is 10.2. The lowest BCUT2D eigenvalue weighted by molar-refractivity contribution is -0.119. The van der Waals surface area contributed by atoms with Gasteiger partial charge in [-0.05, 0) is 49.6 Å². The van der Waals surface area contributed by atoms with Gasteiger partial charge in [-0.3, -0.25) is 4.79 Å². The molecule has 3 rings (SSSR count). The van der Waals surface area contributed by atoms with Crippen molar-refractivity contribution in [1.29, 1.82) is 0 Å². The van der Waals surface area contributed by atoms with E-state index in [2.05, 4.69) is 20.4 Å². The summed E-state index contributed by atoms with van der Waals surface area (Å²) in [6.45, 7) is 2.84. The van der Waals surface area contributed by atoms with Crippen LogP contribution in [-0.2, 0) is 19.6 Å². The number of sulfonamides is 1. The van der Waals surface area contributed by atoms with E-state index in [9.17, 15) is 18.0 Å². The number of anilines is 2. The number of benzene rings is 1. The average molecular weight is 419 g/mol. The third kappa shape index (κ3) is 5.27. The number of ether oxygens (including phenoxy) is 1. The number of nitrogens with two attached hydrogens (primary N) is 1. The number of esters is 1. The Bertz CT molecular complexity index is 1020. The van der Waals surface area contributed by atoms with Gasteiger partial charge in [0.15, 0.2) is 18.1 Å². The Kier molecular flexibility index (Phi) is 6.09. The molecule has 0 saturated carbocycles. The van der Waals surface area contributed by atoms with Crippen molar-refractivity contribution in [2.24, 2.45) is 5.14 Å². The topological polar surface area (TPSA) is 145 Å². The average Bonchev–Trinajstić information content (AvgIpc) is 3.22. The number of carbonyl (C=O) groups is 2. The molecule has 0 bridgehead atoms. The minimum Gasteiger partial charge on any atom is -0.451 e. The Labute approximate surface area is 168 Å². The van der Waals surface area contributed by atoms with E-state index in [0.29, 0.717) is 11.4 Å². The minimum atomic E-state index is -3.92. The minimum absolute atomic E-state index is 0.00686. The summed E-state index contributed by atoms with van der Waals surface area (Å²) < 4.78 is 28.0. The molecule has 3 N–H and O–H groups in total. The standard InChI is InChI=1S/C18H21N5O5S/c1-12-4-5-13(10-15(12)29(19,26)27)20-17(24)11-28-18(25)14-6-7-16(22-21-14)23-8-2-3-9-23/h4-7,10H,2-3,8-9,11H2,1H3,(H,20,24)(H2,19,26,27). The van der Waals surface area contributed by atoms with E-state index in [0.717, 1.165) is 25.9 Å². The first-order chi connectivity index (χ1) is 13.7. The molecule has 0 spiro atoms. The second-order valence-corrected chi connectivity index (χ2v) is 8.15. The number of hydrogen-bond acceptors (Lipinski definition) is 8. The van der Waals surface area contributed by atoms with E-state index in [1.54, 1.807) is 13.0 Å². The monoisotopic (exact) mass is 419 g/mol. The lowest BCUT2D eigenvalue weighted by Crippen LogP contribution is -2.23. The van der Waals surface area contributed by atoms with Gasteiger partial charge < -0.3 is 15.0 Å². The molecule has 2 aromatic rings. The molecule has 1 aliphatic rings. The fourth-order valence-electron chi connectivity index (χ4n) is 2.94. The van der Waals surface area contributed by atoms with E-state index >= 15 is 0 Å². The molecule has 1 amide bonds. The molecule has 1 aliphatic heterocycles. The van der Waals surface area contributed by atoms with Gasteiger partial charge in [0.25, 0.3) is 5.91 Å². The molecule has 0 aliphatic carbocycles. The molecule has 2 heterocycles. The Hall–Kier alpha value is -3.05. The van der Waals surface area contributed by atoms with Gasteiger partial charge in [0.05, 0.1) is 4.90 Å². The fraction of sp³-hybridized carbons (Fsp3) is 0.333. The van der Waals surface area contributed by atoms with Crippen molar-refractivity contribution < 1.29 is 22.7 Å². The first-order valence-electron chi connectivity index (χ1n) is 8.93. The van der Waals surface area contributed by atoms with Crippen molar-refractivity contribution in [2.75, 3.05) is 29.9 Å². The zero-order chi connectivity index (χ0) is 21.0. The summed E-state index contributed by atoms with van der Waals surface area (Å²) in [6, 6.07) is 7.47. The van der Waals surface area contributed by atoms with Crippen molar-refractivity contribution >= 4 is 33.4 Å². The summed E-state index contributed by atoms with van der Waals surface area (Å²) in [4.78, 5) is 26.0. The highest BCUT2D eigenvalue weighted by Crippen LogP contribution is 2.19. The van der Waals surface area contributed by atoms with E-state index < -0.39 is 28.5 Å². The molecule has 0 radical (unpaired) electrons. The molecular weight excluding hydrogens is 398 g/mol. The molecule has 154 valence electrons. The maximum absolute atomic E-state index is 12.1. The number of nitrogens with zero attached hydrogens (tertiary/aromatic N) is 3. The normalized spacial score (nSPS) is 13.9. The molecule has 11 heteroatoms. The van der Waals surface area contributed by atoms with Gasteiger partial charge in [0, 0.05) is 18.8 Å². The maximum atomic E-state index is 12.1. The van der Waals surface area contributed by atoms with Crippen LogP contribution in [0.4, 0.5) is 11.5 Å². The first-order valence-corrected chi connectivity index (χ1v) is 10.5. The summed E-state index contributed by atoms with van der Waals surface area (Å²) in [5, 5.41) is 15.5. The number of nitrogens with one attached hydrogen (secondary N) is 1. The van der Waals surface area contributed by atoms with Crippen LogP contribution in [-0.4, -0.2) is 50.2 Å². The van der Waals surface area contributed by atoms with Crippen LogP contribution in [0.25, 0.3) is 0 Å². The van der Waals surface area contributed by atoms with Crippen LogP contribution in [0.15, 0.2) is 35.2 Å². The molecule has 1 saturated heterocycles. The number of primary sulfonamides is 1. The predicted octanol–water partition coefficient (Wildman–Crippen LogP) is 0.828. The van der Waals surface area contributed by atoms with Gasteiger partial charge in [0.2, 0.25) is 10.0 Å². The van der Waals surface area contributed by atoms with Crippen molar-refractivity contribution in [1.82, 2.24) is 10.2 Å². The number of rotatable bonds is 6. The van der Waals surface area contributed by atoms with Crippen molar-refractivity contribution in [2.45, 2.75) is 24.7 Å². The predicted molar refractivity (Wildman–Crippen MR) is 105 cm³/mol. The number of carbonyl (C=O) groups excluding carboxylic acids is 2. The van der Waals surface area contributed by atoms with Gasteiger partial charge in [0.1, 0.15) is 0 Å². The first kappa shape index (κ1) is 20.7. The summed E-state index contributed by atoms with van der Waals surface area (Å²) in [7, 11) is -3.92. The Balaban J connectivity index is 1.56. The lowest BCUT2D eigenvalue weighted by Gasteiger charge is -2.15. The summed E-state index contributed by atoms with van der Waals surface area (Å²) in [6.07, 6.45) is 2.19. The smallest absolute Gasteiger partial charge is 0.359 e. The highest BCUT2D eigenvalue weighted by Gasteiger charge is 2.17. The number of hydrogen-bond donors (Lipinski definition) is 2. The molecule has 1 aromatic carbocycles. The second-order valence-electron chi connectivity index (χ2n) is 6.62. The van der Waals surface area contributed by atoms with Crippen LogP contribution >= 0.6 is 0 Å². The van der Waals surface area contributed by atoms with Crippen LogP contribution < -0.4 is 15.4 Å². The molecule has 0 atom stereocenters. The van der Waals surface area contributed by atoms with Gasteiger partial charge in [-0.15, -0.1) is 10.2 Å². The van der Waals surface area contributed by atoms with Crippen molar-refractivity contribution in [3.63, 3.8) is 0 Å². The number of aryl methyl sites for hydroxylation is 1. The van der Waals surface area contributed by atoms with Crippen LogP contribution in [0.1, 0.15) is 28.9 Å². The van der Waals surface area contributed by atoms with E-state index in [1.165, 1.54) is 24.3 Å². The molecule has 10 nitrogen and oxygen atoms in total. The van der Waals surface area contributed by atoms with E-state index in [4.69, 9.17) is 9.88 Å². The number of amides is 1. The SMILES string of the molecule is Cc1ccc(NC(=O)COC(=O)c2ccc(N3CCCC3)nn2)cc1S(N)(=O)=O. The van der Waals surface area contributed by atoms with Crippen LogP contribution in [0.5, 0.6) is 0 Å². The number of aromatic nitrogens is 2. The third-order valence-electron chi connectivity index (χ3n) is 4.40. The Morgan fingerprint density at radius 3 is 2.52 bits per heavy atom. The maximum Gasteiger partial charge on any atom is 0.359 e. The zero-order valence-corrected chi connectivity index (χ0v) is 16.6. The molecular formula is C18H21N5O5S. The Morgan fingerprint density at radius 2 is 1.90 bits per heavy atom. The highest BCUT2D eigenvalue weighted by atomic mass is 32.2. The van der Waals surface area contributed by atoms with Crippen LogP contribution in [0.3, 0.4) is 0 Å². The van der Waals surface area contributed by atoms with Crippen molar-refractivity contribution in [3.05, 3.63) is 41.6 Å². The fourth-order valence-corrected chi connectivity index (χ4v) is 3.74. The summed E-state index contributed by atoms with van der Waals surface area (Å²) >= 11 is 0. The molecule has 0 unspecified atom stereocenters. The van der Waals surface area contributed by atoms with Gasteiger partial charge in [-0.1, -0.05) is 6.07 Å². The van der Waals surface area contributed by atoms with E-state index in [-0.39, 0.29) is 16.3 Å². The van der Waals surface area contributed by atoms with Crippen molar-refractivity contribution in [3.8, 4) is 0 Å².